The summed E-state index contributed by atoms with van der Waals surface area (Å²) in [7, 11) is 0. The maximum absolute atomic E-state index is 6.54. The van der Waals surface area contributed by atoms with E-state index in [9.17, 15) is 0 Å². The third-order valence-electron chi connectivity index (χ3n) is 12.2. The van der Waals surface area contributed by atoms with E-state index in [0.717, 1.165) is 77.6 Å². The molecule has 0 saturated carbocycles. The van der Waals surface area contributed by atoms with Gasteiger partial charge in [-0.2, -0.15) is 0 Å². The van der Waals surface area contributed by atoms with Crippen molar-refractivity contribution in [2.24, 2.45) is 0 Å². The van der Waals surface area contributed by atoms with Crippen LogP contribution in [0.2, 0.25) is 0 Å². The Labute approximate surface area is 353 Å². The molecule has 0 fully saturated rings. The molecule has 286 valence electrons. The lowest BCUT2D eigenvalue weighted by molar-refractivity contribution is 0.672. The van der Waals surface area contributed by atoms with E-state index >= 15 is 0 Å². The van der Waals surface area contributed by atoms with Crippen LogP contribution in [0, 0.1) is 0 Å². The summed E-state index contributed by atoms with van der Waals surface area (Å²) in [5.41, 5.74) is 15.6. The number of aromatic nitrogens is 1. The van der Waals surface area contributed by atoms with Crippen LogP contribution < -0.4 is 4.90 Å². The van der Waals surface area contributed by atoms with Gasteiger partial charge in [-0.15, -0.1) is 0 Å². The average Bonchev–Trinajstić information content (AvgIpc) is 3.88. The number of benzene rings is 10. The van der Waals surface area contributed by atoms with Crippen LogP contribution in [-0.2, 0) is 0 Å². The molecule has 3 heteroatoms. The zero-order valence-electron chi connectivity index (χ0n) is 33.2. The van der Waals surface area contributed by atoms with E-state index in [1.807, 2.05) is 6.07 Å². The zero-order valence-corrected chi connectivity index (χ0v) is 33.2. The lowest BCUT2D eigenvalue weighted by Gasteiger charge is -2.26. The summed E-state index contributed by atoms with van der Waals surface area (Å²) < 4.78 is 8.94. The largest absolute Gasteiger partial charge is 0.455 e. The third-order valence-corrected chi connectivity index (χ3v) is 12.2. The molecule has 10 aromatic carbocycles. The van der Waals surface area contributed by atoms with Gasteiger partial charge in [0.1, 0.15) is 11.2 Å². The van der Waals surface area contributed by atoms with Gasteiger partial charge < -0.3 is 13.9 Å². The van der Waals surface area contributed by atoms with Crippen molar-refractivity contribution < 1.29 is 4.42 Å². The van der Waals surface area contributed by atoms with Crippen LogP contribution in [-0.4, -0.2) is 4.57 Å². The summed E-state index contributed by atoms with van der Waals surface area (Å²) in [5.74, 6) is 0. The van der Waals surface area contributed by atoms with Crippen LogP contribution >= 0.6 is 0 Å². The Morgan fingerprint density at radius 2 is 0.869 bits per heavy atom. The van der Waals surface area contributed by atoms with E-state index in [-0.39, 0.29) is 0 Å². The first kappa shape index (κ1) is 34.9. The molecule has 0 aliphatic heterocycles. The first-order valence-electron chi connectivity index (χ1n) is 20.8. The number of furan rings is 1. The van der Waals surface area contributed by atoms with Gasteiger partial charge in [0, 0.05) is 49.7 Å². The zero-order chi connectivity index (χ0) is 40.3. The molecule has 0 unspecified atom stereocenters. The van der Waals surface area contributed by atoms with Gasteiger partial charge in [0.05, 0.1) is 11.0 Å². The van der Waals surface area contributed by atoms with E-state index in [0.29, 0.717) is 0 Å². The fraction of sp³-hybridized carbons (Fsp3) is 0. The molecular formula is C58H38N2O. The molecule has 0 radical (unpaired) electrons. The maximum atomic E-state index is 6.54. The molecular weight excluding hydrogens is 741 g/mol. The molecule has 0 spiro atoms. The molecule has 0 atom stereocenters. The van der Waals surface area contributed by atoms with E-state index < -0.39 is 0 Å². The molecule has 61 heavy (non-hydrogen) atoms. The van der Waals surface area contributed by atoms with Crippen LogP contribution in [0.1, 0.15) is 0 Å². The SMILES string of the molecule is c1ccc(-c2ccc(N(c3ccc(-c4ccccc4)cc3)c3cccc(-c4ccc5c(c4)c4cc6ccc7c8ccccc8oc7c6cc4n5-c4ccccc4)c3)cc2)cc1. The summed E-state index contributed by atoms with van der Waals surface area (Å²) in [6, 6.07) is 82.9. The van der Waals surface area contributed by atoms with Crippen molar-refractivity contribution >= 4 is 71.6 Å². The van der Waals surface area contributed by atoms with Crippen LogP contribution in [0.5, 0.6) is 0 Å². The van der Waals surface area contributed by atoms with Crippen LogP contribution in [0.3, 0.4) is 0 Å². The average molecular weight is 779 g/mol. The van der Waals surface area contributed by atoms with Gasteiger partial charge in [0.25, 0.3) is 0 Å². The summed E-state index contributed by atoms with van der Waals surface area (Å²) in [5, 5.41) is 6.97. The minimum atomic E-state index is 0.910. The monoisotopic (exact) mass is 778 g/mol. The van der Waals surface area contributed by atoms with Crippen LogP contribution in [0.25, 0.3) is 93.6 Å². The highest BCUT2D eigenvalue weighted by atomic mass is 16.3. The molecule has 2 aromatic heterocycles. The molecule has 0 bridgehead atoms. The van der Waals surface area contributed by atoms with Gasteiger partial charge in [-0.3, -0.25) is 0 Å². The van der Waals surface area contributed by atoms with E-state index in [1.54, 1.807) is 0 Å². The topological polar surface area (TPSA) is 21.3 Å². The quantitative estimate of drug-likeness (QED) is 0.161. The number of hydrogen-bond acceptors (Lipinski definition) is 2. The molecule has 0 amide bonds. The summed E-state index contributed by atoms with van der Waals surface area (Å²) in [6.07, 6.45) is 0. The highest BCUT2D eigenvalue weighted by Crippen LogP contribution is 2.42. The highest BCUT2D eigenvalue weighted by molar-refractivity contribution is 6.20. The van der Waals surface area contributed by atoms with Crippen LogP contribution in [0.15, 0.2) is 235 Å². The molecule has 2 heterocycles. The predicted molar refractivity (Wildman–Crippen MR) is 257 cm³/mol. The number of para-hydroxylation sites is 2. The van der Waals surface area contributed by atoms with E-state index in [1.165, 1.54) is 33.0 Å². The fourth-order valence-corrected chi connectivity index (χ4v) is 9.19. The number of rotatable bonds is 7. The minimum Gasteiger partial charge on any atom is -0.455 e. The number of hydrogen-bond donors (Lipinski definition) is 0. The number of anilines is 3. The molecule has 0 aliphatic carbocycles. The first-order valence-corrected chi connectivity index (χ1v) is 20.8. The Balaban J connectivity index is 1.01. The fourth-order valence-electron chi connectivity index (χ4n) is 9.19. The Bertz CT molecular complexity index is 3470. The standard InChI is InChI=1S/C58H38N2O/c1-4-13-39(14-5-1)41-23-29-47(30-24-41)59(48-31-25-42(26-32-48)40-15-6-2-7-16-40)49-20-12-17-43(35-49)44-28-34-55-53(36-44)54-37-45-27-33-51-50-21-10-11-22-57(50)61-58(51)52(45)38-56(54)60(55)46-18-8-3-9-19-46/h1-38H. The molecule has 12 rings (SSSR count). The summed E-state index contributed by atoms with van der Waals surface area (Å²) in [6.45, 7) is 0. The van der Waals surface area contributed by atoms with E-state index in [4.69, 9.17) is 4.42 Å². The van der Waals surface area contributed by atoms with Gasteiger partial charge in [-0.25, -0.2) is 0 Å². The predicted octanol–water partition coefficient (Wildman–Crippen LogP) is 16.3. The van der Waals surface area contributed by atoms with Crippen molar-refractivity contribution in [1.82, 2.24) is 4.57 Å². The molecule has 0 saturated heterocycles. The van der Waals surface area contributed by atoms with Gasteiger partial charge in [-0.1, -0.05) is 146 Å². The Morgan fingerprint density at radius 3 is 1.56 bits per heavy atom. The third kappa shape index (κ3) is 5.98. The van der Waals surface area contributed by atoms with Crippen molar-refractivity contribution in [2.75, 3.05) is 4.90 Å². The number of nitrogens with zero attached hydrogens (tertiary/aromatic N) is 2. The Kier molecular flexibility index (Phi) is 8.17. The van der Waals surface area contributed by atoms with Gasteiger partial charge >= 0.3 is 0 Å². The lowest BCUT2D eigenvalue weighted by atomic mass is 9.99. The van der Waals surface area contributed by atoms with Gasteiger partial charge in [-0.05, 0) is 124 Å². The molecule has 3 nitrogen and oxygen atoms in total. The lowest BCUT2D eigenvalue weighted by Crippen LogP contribution is -2.10. The van der Waals surface area contributed by atoms with Gasteiger partial charge in [0.2, 0.25) is 0 Å². The second kappa shape index (κ2) is 14.3. The highest BCUT2D eigenvalue weighted by Gasteiger charge is 2.19. The van der Waals surface area contributed by atoms with Crippen molar-refractivity contribution in [3.8, 4) is 39.1 Å². The Hall–Kier alpha value is -8.14. The Morgan fingerprint density at radius 1 is 0.311 bits per heavy atom. The van der Waals surface area contributed by atoms with Crippen molar-refractivity contribution in [3.63, 3.8) is 0 Å². The molecule has 0 aliphatic rings. The summed E-state index contributed by atoms with van der Waals surface area (Å²) in [4.78, 5) is 2.36. The van der Waals surface area contributed by atoms with Crippen molar-refractivity contribution in [3.05, 3.63) is 231 Å². The molecule has 12 aromatic rings. The molecule has 0 N–H and O–H groups in total. The van der Waals surface area contributed by atoms with E-state index in [2.05, 4.69) is 234 Å². The van der Waals surface area contributed by atoms with Crippen LogP contribution in [0.4, 0.5) is 17.1 Å². The van der Waals surface area contributed by atoms with Gasteiger partial charge in [0.15, 0.2) is 0 Å². The second-order valence-corrected chi connectivity index (χ2v) is 15.7. The van der Waals surface area contributed by atoms with Crippen molar-refractivity contribution in [1.29, 1.82) is 0 Å². The first-order chi connectivity index (χ1) is 30.2. The minimum absolute atomic E-state index is 0.910. The van der Waals surface area contributed by atoms with Crippen molar-refractivity contribution in [2.45, 2.75) is 0 Å². The normalized spacial score (nSPS) is 11.6. The maximum Gasteiger partial charge on any atom is 0.143 e. The smallest absolute Gasteiger partial charge is 0.143 e. The summed E-state index contributed by atoms with van der Waals surface area (Å²) >= 11 is 0. The number of fused-ring (bicyclic) bond motifs is 8. The second-order valence-electron chi connectivity index (χ2n) is 15.7.